The molecule has 0 bridgehead atoms. The van der Waals surface area contributed by atoms with Gasteiger partial charge in [-0.25, -0.2) is 0 Å². The Morgan fingerprint density at radius 1 is 1.03 bits per heavy atom. The predicted octanol–water partition coefficient (Wildman–Crippen LogP) is 4.40. The SMILES string of the molecule is CC(C)(O)CC(=O)NNc1ccnc2c(NC(=O)c3c(Cl)cccc3Cl)cccc12. The van der Waals surface area contributed by atoms with E-state index in [0.29, 0.717) is 22.3 Å². The van der Waals surface area contributed by atoms with Gasteiger partial charge in [-0.05, 0) is 38.1 Å². The van der Waals surface area contributed by atoms with E-state index >= 15 is 0 Å². The molecule has 156 valence electrons. The first-order chi connectivity index (χ1) is 14.2. The standard InChI is InChI=1S/C21H20Cl2N4O3/c1-21(2,30)11-17(28)27-26-15-9-10-24-19-12(15)5-3-8-16(19)25-20(29)18-13(22)6-4-7-14(18)23/h3-10,30H,11H2,1-2H3,(H,24,26)(H,25,29)(H,27,28). The van der Waals surface area contributed by atoms with Crippen molar-refractivity contribution in [2.45, 2.75) is 25.9 Å². The van der Waals surface area contributed by atoms with Crippen molar-refractivity contribution >= 4 is 57.3 Å². The molecule has 1 aromatic heterocycles. The molecule has 2 amide bonds. The van der Waals surface area contributed by atoms with E-state index < -0.39 is 11.5 Å². The summed E-state index contributed by atoms with van der Waals surface area (Å²) in [6, 6.07) is 11.8. The summed E-state index contributed by atoms with van der Waals surface area (Å²) in [7, 11) is 0. The number of carbonyl (C=O) groups is 2. The lowest BCUT2D eigenvalue weighted by Crippen LogP contribution is -2.35. The molecule has 1 heterocycles. The van der Waals surface area contributed by atoms with Crippen LogP contribution in [-0.4, -0.2) is 27.5 Å². The van der Waals surface area contributed by atoms with Gasteiger partial charge in [0.25, 0.3) is 5.91 Å². The summed E-state index contributed by atoms with van der Waals surface area (Å²) in [5, 5.41) is 13.7. The van der Waals surface area contributed by atoms with Crippen molar-refractivity contribution in [2.24, 2.45) is 0 Å². The number of anilines is 2. The molecular weight excluding hydrogens is 427 g/mol. The largest absolute Gasteiger partial charge is 0.390 e. The van der Waals surface area contributed by atoms with Crippen molar-refractivity contribution in [2.75, 3.05) is 10.7 Å². The molecule has 0 saturated carbocycles. The second-order valence-corrected chi connectivity index (χ2v) is 8.09. The third-order valence-corrected chi connectivity index (χ3v) is 4.77. The number of hydrogen-bond donors (Lipinski definition) is 4. The number of rotatable bonds is 6. The first kappa shape index (κ1) is 21.8. The van der Waals surface area contributed by atoms with E-state index in [4.69, 9.17) is 23.2 Å². The second-order valence-electron chi connectivity index (χ2n) is 7.27. The number of aliphatic hydroxyl groups is 1. The molecule has 0 fully saturated rings. The van der Waals surface area contributed by atoms with Crippen LogP contribution < -0.4 is 16.2 Å². The molecule has 7 nitrogen and oxygen atoms in total. The zero-order valence-electron chi connectivity index (χ0n) is 16.3. The Balaban J connectivity index is 1.85. The molecule has 0 aliphatic carbocycles. The fourth-order valence-corrected chi connectivity index (χ4v) is 3.43. The third kappa shape index (κ3) is 5.18. The molecular formula is C21H20Cl2N4O3. The molecule has 2 aromatic carbocycles. The van der Waals surface area contributed by atoms with Crippen LogP contribution in [0.4, 0.5) is 11.4 Å². The van der Waals surface area contributed by atoms with Gasteiger partial charge in [-0.2, -0.15) is 0 Å². The van der Waals surface area contributed by atoms with E-state index in [1.165, 1.54) is 0 Å². The van der Waals surface area contributed by atoms with Gasteiger partial charge in [0, 0.05) is 11.6 Å². The van der Waals surface area contributed by atoms with E-state index in [-0.39, 0.29) is 27.9 Å². The maximum Gasteiger partial charge on any atom is 0.258 e. The van der Waals surface area contributed by atoms with Crippen molar-refractivity contribution in [3.63, 3.8) is 0 Å². The number of hydrogen-bond acceptors (Lipinski definition) is 5. The highest BCUT2D eigenvalue weighted by Gasteiger charge is 2.19. The van der Waals surface area contributed by atoms with Gasteiger partial charge >= 0.3 is 0 Å². The number of hydrazine groups is 1. The highest BCUT2D eigenvalue weighted by atomic mass is 35.5. The topological polar surface area (TPSA) is 103 Å². The molecule has 30 heavy (non-hydrogen) atoms. The summed E-state index contributed by atoms with van der Waals surface area (Å²) in [6.07, 6.45) is 1.48. The molecule has 9 heteroatoms. The normalized spacial score (nSPS) is 11.2. The van der Waals surface area contributed by atoms with Crippen LogP contribution in [0.15, 0.2) is 48.7 Å². The summed E-state index contributed by atoms with van der Waals surface area (Å²) >= 11 is 12.2. The maximum atomic E-state index is 12.7. The Labute approximate surface area is 183 Å². The van der Waals surface area contributed by atoms with Gasteiger partial charge in [-0.1, -0.05) is 41.4 Å². The van der Waals surface area contributed by atoms with Gasteiger partial charge < -0.3 is 10.4 Å². The Kier molecular flexibility index (Phi) is 6.45. The first-order valence-electron chi connectivity index (χ1n) is 9.06. The smallest absolute Gasteiger partial charge is 0.258 e. The zero-order valence-corrected chi connectivity index (χ0v) is 17.8. The van der Waals surface area contributed by atoms with Crippen LogP contribution in [0, 0.1) is 0 Å². The number of para-hydroxylation sites is 1. The number of aromatic nitrogens is 1. The fraction of sp³-hybridized carbons (Fsp3) is 0.190. The maximum absolute atomic E-state index is 12.7. The third-order valence-electron chi connectivity index (χ3n) is 4.14. The van der Waals surface area contributed by atoms with E-state index in [1.807, 2.05) is 0 Å². The molecule has 0 radical (unpaired) electrons. The van der Waals surface area contributed by atoms with Crippen LogP contribution in [-0.2, 0) is 4.79 Å². The van der Waals surface area contributed by atoms with Crippen LogP contribution in [0.2, 0.25) is 10.0 Å². The monoisotopic (exact) mass is 446 g/mol. The Bertz CT molecular complexity index is 1090. The van der Waals surface area contributed by atoms with E-state index in [2.05, 4.69) is 21.2 Å². The minimum Gasteiger partial charge on any atom is -0.390 e. The van der Waals surface area contributed by atoms with E-state index in [9.17, 15) is 14.7 Å². The molecule has 0 atom stereocenters. The summed E-state index contributed by atoms with van der Waals surface area (Å²) in [4.78, 5) is 29.0. The first-order valence-corrected chi connectivity index (χ1v) is 9.81. The van der Waals surface area contributed by atoms with Crippen molar-refractivity contribution < 1.29 is 14.7 Å². The van der Waals surface area contributed by atoms with Gasteiger partial charge in [-0.3, -0.25) is 25.4 Å². The summed E-state index contributed by atoms with van der Waals surface area (Å²) < 4.78 is 0. The van der Waals surface area contributed by atoms with E-state index in [1.54, 1.807) is 62.5 Å². The van der Waals surface area contributed by atoms with Crippen LogP contribution in [0.5, 0.6) is 0 Å². The lowest BCUT2D eigenvalue weighted by Gasteiger charge is -2.17. The number of amides is 2. The Hall–Kier alpha value is -2.87. The van der Waals surface area contributed by atoms with Crippen molar-refractivity contribution in [3.05, 3.63) is 64.3 Å². The number of carbonyl (C=O) groups excluding carboxylic acids is 2. The quantitative estimate of drug-likeness (QED) is 0.420. The minimum atomic E-state index is -1.12. The number of fused-ring (bicyclic) bond motifs is 1. The highest BCUT2D eigenvalue weighted by Crippen LogP contribution is 2.29. The van der Waals surface area contributed by atoms with Crippen LogP contribution in [0.3, 0.4) is 0 Å². The zero-order chi connectivity index (χ0) is 21.9. The lowest BCUT2D eigenvalue weighted by molar-refractivity contribution is -0.124. The van der Waals surface area contributed by atoms with Gasteiger partial charge in [0.15, 0.2) is 0 Å². The molecule has 4 N–H and O–H groups in total. The summed E-state index contributed by atoms with van der Waals surface area (Å²) in [6.45, 7) is 3.10. The van der Waals surface area contributed by atoms with Crippen LogP contribution >= 0.6 is 23.2 Å². The minimum absolute atomic E-state index is 0.0665. The molecule has 0 aliphatic heterocycles. The van der Waals surface area contributed by atoms with Gasteiger partial charge in [0.1, 0.15) is 0 Å². The van der Waals surface area contributed by atoms with Gasteiger partial charge in [0.05, 0.1) is 44.5 Å². The second kappa shape index (κ2) is 8.87. The van der Waals surface area contributed by atoms with Crippen molar-refractivity contribution in [1.29, 1.82) is 0 Å². The number of benzene rings is 2. The van der Waals surface area contributed by atoms with Gasteiger partial charge in [0.2, 0.25) is 5.91 Å². The highest BCUT2D eigenvalue weighted by molar-refractivity contribution is 6.40. The summed E-state index contributed by atoms with van der Waals surface area (Å²) in [5.41, 5.74) is 5.98. The Morgan fingerprint density at radius 3 is 2.37 bits per heavy atom. The summed E-state index contributed by atoms with van der Waals surface area (Å²) in [5.74, 6) is -0.831. The van der Waals surface area contributed by atoms with Crippen molar-refractivity contribution in [1.82, 2.24) is 10.4 Å². The fourth-order valence-electron chi connectivity index (χ4n) is 2.86. The van der Waals surface area contributed by atoms with Crippen LogP contribution in [0.25, 0.3) is 10.9 Å². The molecule has 0 aliphatic rings. The van der Waals surface area contributed by atoms with Gasteiger partial charge in [-0.15, -0.1) is 0 Å². The Morgan fingerprint density at radius 2 is 1.70 bits per heavy atom. The molecule has 0 saturated heterocycles. The number of nitrogens with zero attached hydrogens (tertiary/aromatic N) is 1. The number of pyridine rings is 1. The lowest BCUT2D eigenvalue weighted by atomic mass is 10.1. The number of halogens is 2. The molecule has 0 unspecified atom stereocenters. The predicted molar refractivity (Wildman–Crippen MR) is 119 cm³/mol. The molecule has 0 spiro atoms. The van der Waals surface area contributed by atoms with Crippen LogP contribution in [0.1, 0.15) is 30.6 Å². The number of nitrogens with one attached hydrogen (secondary N) is 3. The average molecular weight is 447 g/mol. The van der Waals surface area contributed by atoms with E-state index in [0.717, 1.165) is 0 Å². The average Bonchev–Trinajstić information content (AvgIpc) is 2.65. The van der Waals surface area contributed by atoms with Crippen molar-refractivity contribution in [3.8, 4) is 0 Å². The molecule has 3 rings (SSSR count). The molecule has 3 aromatic rings.